The Balaban J connectivity index is 2.21. The van der Waals surface area contributed by atoms with Gasteiger partial charge in [-0.3, -0.25) is 4.79 Å². The van der Waals surface area contributed by atoms with Crippen molar-refractivity contribution in [1.82, 2.24) is 4.90 Å². The first-order valence-electron chi connectivity index (χ1n) is 5.97. The van der Waals surface area contributed by atoms with Crippen LogP contribution in [0.4, 0.5) is 8.78 Å². The average molecular weight is 290 g/mol. The van der Waals surface area contributed by atoms with Gasteiger partial charge in [-0.1, -0.05) is 6.07 Å². The van der Waals surface area contributed by atoms with Crippen LogP contribution in [-0.2, 0) is 4.74 Å². The van der Waals surface area contributed by atoms with Gasteiger partial charge in [0, 0.05) is 13.1 Å². The lowest BCUT2D eigenvalue weighted by molar-refractivity contribution is -0.0571. The van der Waals surface area contributed by atoms with E-state index in [4.69, 9.17) is 16.3 Å². The van der Waals surface area contributed by atoms with Gasteiger partial charge in [0.15, 0.2) is 11.6 Å². The van der Waals surface area contributed by atoms with Crippen molar-refractivity contribution in [3.63, 3.8) is 0 Å². The molecule has 6 heteroatoms. The van der Waals surface area contributed by atoms with Crippen LogP contribution in [0.2, 0.25) is 0 Å². The lowest BCUT2D eigenvalue weighted by Gasteiger charge is -2.36. The molecule has 104 valence electrons. The first-order chi connectivity index (χ1) is 9.02. The molecule has 19 heavy (non-hydrogen) atoms. The zero-order valence-electron chi connectivity index (χ0n) is 10.4. The highest BCUT2D eigenvalue weighted by Crippen LogP contribution is 2.18. The van der Waals surface area contributed by atoms with Gasteiger partial charge in [-0.15, -0.1) is 11.6 Å². The van der Waals surface area contributed by atoms with Gasteiger partial charge in [-0.2, -0.15) is 0 Å². The molecule has 2 atom stereocenters. The lowest BCUT2D eigenvalue weighted by atomic mass is 10.1. The molecule has 0 bridgehead atoms. The summed E-state index contributed by atoms with van der Waals surface area (Å²) in [6.45, 7) is 2.42. The second-order valence-corrected chi connectivity index (χ2v) is 4.84. The lowest BCUT2D eigenvalue weighted by Crippen LogP contribution is -2.50. The Morgan fingerprint density at radius 2 is 2.21 bits per heavy atom. The molecule has 2 unspecified atom stereocenters. The number of carbonyl (C=O) groups excluding carboxylic acids is 1. The molecule has 3 nitrogen and oxygen atoms in total. The quantitative estimate of drug-likeness (QED) is 0.783. The Hall–Kier alpha value is -1.20. The summed E-state index contributed by atoms with van der Waals surface area (Å²) in [5, 5.41) is 0. The van der Waals surface area contributed by atoms with Gasteiger partial charge in [-0.25, -0.2) is 8.78 Å². The molecular formula is C13H14ClF2NO2. The summed E-state index contributed by atoms with van der Waals surface area (Å²) in [4.78, 5) is 13.6. The Labute approximate surface area is 115 Å². The number of hydrogen-bond donors (Lipinski definition) is 0. The summed E-state index contributed by atoms with van der Waals surface area (Å²) >= 11 is 5.72. The minimum Gasteiger partial charge on any atom is -0.370 e. The summed E-state index contributed by atoms with van der Waals surface area (Å²) in [6, 6.07) is 3.57. The van der Waals surface area contributed by atoms with Crippen molar-refractivity contribution in [1.29, 1.82) is 0 Å². The van der Waals surface area contributed by atoms with Crippen LogP contribution in [0.25, 0.3) is 0 Å². The van der Waals surface area contributed by atoms with Gasteiger partial charge >= 0.3 is 0 Å². The average Bonchev–Trinajstić information content (AvgIpc) is 2.40. The second kappa shape index (κ2) is 5.84. The summed E-state index contributed by atoms with van der Waals surface area (Å²) in [5.41, 5.74) is -0.262. The van der Waals surface area contributed by atoms with E-state index in [0.29, 0.717) is 6.54 Å². The number of morpholine rings is 1. The van der Waals surface area contributed by atoms with Crippen molar-refractivity contribution in [3.05, 3.63) is 35.4 Å². The van der Waals surface area contributed by atoms with Gasteiger partial charge in [0.1, 0.15) is 0 Å². The topological polar surface area (TPSA) is 29.5 Å². The number of hydrogen-bond acceptors (Lipinski definition) is 2. The minimum atomic E-state index is -1.12. The van der Waals surface area contributed by atoms with Gasteiger partial charge in [0.25, 0.3) is 5.91 Å². The van der Waals surface area contributed by atoms with Crippen LogP contribution >= 0.6 is 11.6 Å². The number of alkyl halides is 1. The Bertz CT molecular complexity index is 484. The maximum atomic E-state index is 13.6. The van der Waals surface area contributed by atoms with Crippen molar-refractivity contribution in [2.75, 3.05) is 19.0 Å². The van der Waals surface area contributed by atoms with Crippen LogP contribution in [0.5, 0.6) is 0 Å². The molecule has 0 aliphatic carbocycles. The molecule has 1 fully saturated rings. The van der Waals surface area contributed by atoms with Crippen LogP contribution in [0.1, 0.15) is 17.3 Å². The third-order valence-corrected chi connectivity index (χ3v) is 3.31. The van der Waals surface area contributed by atoms with E-state index in [1.54, 1.807) is 6.92 Å². The van der Waals surface area contributed by atoms with Crippen molar-refractivity contribution >= 4 is 17.5 Å². The first-order valence-corrected chi connectivity index (χ1v) is 6.51. The van der Waals surface area contributed by atoms with Gasteiger partial charge in [-0.05, 0) is 19.1 Å². The summed E-state index contributed by atoms with van der Waals surface area (Å²) < 4.78 is 32.3. The third kappa shape index (κ3) is 3.04. The highest BCUT2D eigenvalue weighted by Gasteiger charge is 2.30. The fourth-order valence-corrected chi connectivity index (χ4v) is 2.31. The molecule has 0 aromatic heterocycles. The SMILES string of the molecule is CC1CN(C(=O)c2cccc(F)c2F)CC(CCl)O1. The van der Waals surface area contributed by atoms with Crippen molar-refractivity contribution in [2.45, 2.75) is 19.1 Å². The van der Waals surface area contributed by atoms with E-state index in [-0.39, 0.29) is 30.2 Å². The van der Waals surface area contributed by atoms with Crippen molar-refractivity contribution in [3.8, 4) is 0 Å². The van der Waals surface area contributed by atoms with Crippen molar-refractivity contribution in [2.24, 2.45) is 0 Å². The summed E-state index contributed by atoms with van der Waals surface area (Å²) in [5.74, 6) is -2.43. The standard InChI is InChI=1S/C13H14ClF2NO2/c1-8-6-17(7-9(5-14)19-8)13(18)10-3-2-4-11(15)12(10)16/h2-4,8-9H,5-7H2,1H3. The maximum Gasteiger partial charge on any atom is 0.257 e. The number of rotatable bonds is 2. The highest BCUT2D eigenvalue weighted by atomic mass is 35.5. The molecule has 1 aliphatic rings. The van der Waals surface area contributed by atoms with Crippen LogP contribution < -0.4 is 0 Å². The smallest absolute Gasteiger partial charge is 0.257 e. The normalized spacial score (nSPS) is 23.5. The molecule has 1 aromatic rings. The largest absolute Gasteiger partial charge is 0.370 e. The summed E-state index contributed by atoms with van der Waals surface area (Å²) in [6.07, 6.45) is -0.468. The van der Waals surface area contributed by atoms with E-state index in [9.17, 15) is 13.6 Å². The van der Waals surface area contributed by atoms with E-state index in [1.807, 2.05) is 0 Å². The number of halogens is 3. The Kier molecular flexibility index (Phi) is 4.37. The molecule has 0 radical (unpaired) electrons. The van der Waals surface area contributed by atoms with Gasteiger partial charge < -0.3 is 9.64 Å². The zero-order valence-corrected chi connectivity index (χ0v) is 11.2. The number of ether oxygens (including phenoxy) is 1. The van der Waals surface area contributed by atoms with E-state index in [0.717, 1.165) is 6.07 Å². The van der Waals surface area contributed by atoms with E-state index >= 15 is 0 Å². The second-order valence-electron chi connectivity index (χ2n) is 4.53. The molecule has 0 saturated carbocycles. The molecule has 2 rings (SSSR count). The number of nitrogens with zero attached hydrogens (tertiary/aromatic N) is 1. The molecule has 1 saturated heterocycles. The Morgan fingerprint density at radius 3 is 2.89 bits per heavy atom. The monoisotopic (exact) mass is 289 g/mol. The molecular weight excluding hydrogens is 276 g/mol. The molecule has 1 aliphatic heterocycles. The Morgan fingerprint density at radius 1 is 1.47 bits per heavy atom. The molecule has 0 spiro atoms. The van der Waals surface area contributed by atoms with E-state index in [1.165, 1.54) is 17.0 Å². The number of carbonyl (C=O) groups is 1. The fourth-order valence-electron chi connectivity index (χ4n) is 2.14. The molecule has 1 heterocycles. The summed E-state index contributed by atoms with van der Waals surface area (Å²) in [7, 11) is 0. The minimum absolute atomic E-state index is 0.182. The maximum absolute atomic E-state index is 13.6. The van der Waals surface area contributed by atoms with Crippen LogP contribution in [0.3, 0.4) is 0 Å². The highest BCUT2D eigenvalue weighted by molar-refractivity contribution is 6.18. The fraction of sp³-hybridized carbons (Fsp3) is 0.462. The number of amides is 1. The van der Waals surface area contributed by atoms with Gasteiger partial charge in [0.05, 0.1) is 23.7 Å². The molecule has 1 aromatic carbocycles. The van der Waals surface area contributed by atoms with E-state index in [2.05, 4.69) is 0 Å². The van der Waals surface area contributed by atoms with Gasteiger partial charge in [0.2, 0.25) is 0 Å². The first kappa shape index (κ1) is 14.2. The molecule has 0 N–H and O–H groups in total. The third-order valence-electron chi connectivity index (χ3n) is 2.97. The predicted octanol–water partition coefficient (Wildman–Crippen LogP) is 2.43. The zero-order chi connectivity index (χ0) is 14.0. The van der Waals surface area contributed by atoms with Crippen LogP contribution in [0.15, 0.2) is 18.2 Å². The van der Waals surface area contributed by atoms with Crippen LogP contribution in [0, 0.1) is 11.6 Å². The van der Waals surface area contributed by atoms with Crippen molar-refractivity contribution < 1.29 is 18.3 Å². The van der Waals surface area contributed by atoms with Crippen LogP contribution in [-0.4, -0.2) is 42.0 Å². The molecule has 1 amide bonds. The van der Waals surface area contributed by atoms with E-state index < -0.39 is 17.5 Å². The predicted molar refractivity (Wildman–Crippen MR) is 67.3 cm³/mol. The number of benzene rings is 1.